The van der Waals surface area contributed by atoms with Gasteiger partial charge in [0.05, 0.1) is 18.8 Å². The number of ether oxygens (including phenoxy) is 4. The van der Waals surface area contributed by atoms with Crippen LogP contribution in [0.1, 0.15) is 35.3 Å². The quantitative estimate of drug-likeness (QED) is 0.421. The van der Waals surface area contributed by atoms with Gasteiger partial charge in [0.15, 0.2) is 12.4 Å². The highest BCUT2D eigenvalue weighted by Crippen LogP contribution is 2.40. The minimum absolute atomic E-state index is 0.200. The van der Waals surface area contributed by atoms with Gasteiger partial charge in [0.1, 0.15) is 17.2 Å². The van der Waals surface area contributed by atoms with Crippen LogP contribution < -0.4 is 14.2 Å². The van der Waals surface area contributed by atoms with Crippen molar-refractivity contribution in [1.29, 1.82) is 0 Å². The summed E-state index contributed by atoms with van der Waals surface area (Å²) in [6.07, 6.45) is 3.47. The van der Waals surface area contributed by atoms with E-state index in [4.69, 9.17) is 18.9 Å². The molecule has 0 fully saturated rings. The number of benzene rings is 2. The number of fused-ring (bicyclic) bond motifs is 2. The molecule has 32 heavy (non-hydrogen) atoms. The number of hydrogen-bond acceptors (Lipinski definition) is 6. The van der Waals surface area contributed by atoms with Gasteiger partial charge in [-0.25, -0.2) is 4.79 Å². The fourth-order valence-electron chi connectivity index (χ4n) is 3.74. The molecule has 0 spiro atoms. The highest BCUT2D eigenvalue weighted by atomic mass is 16.6. The molecule has 1 aromatic heterocycles. The third-order valence-electron chi connectivity index (χ3n) is 5.26. The van der Waals surface area contributed by atoms with Crippen molar-refractivity contribution >= 4 is 28.7 Å². The Morgan fingerprint density at radius 2 is 2.00 bits per heavy atom. The molecule has 7 nitrogen and oxygen atoms in total. The second-order valence-electron chi connectivity index (χ2n) is 7.91. The van der Waals surface area contributed by atoms with Crippen molar-refractivity contribution in [3.05, 3.63) is 59.0 Å². The van der Waals surface area contributed by atoms with Gasteiger partial charge in [-0.05, 0) is 57.2 Å². The fraction of sp³-hybridized carbons (Fsp3) is 0.280. The maximum Gasteiger partial charge on any atom is 0.344 e. The second-order valence-corrected chi connectivity index (χ2v) is 7.91. The highest BCUT2D eigenvalue weighted by molar-refractivity contribution is 6.15. The molecule has 166 valence electrons. The van der Waals surface area contributed by atoms with E-state index in [0.717, 1.165) is 22.2 Å². The van der Waals surface area contributed by atoms with E-state index < -0.39 is 5.97 Å². The molecule has 0 unspecified atom stereocenters. The number of carbonyl (C=O) groups excluding carboxylic acids is 2. The van der Waals surface area contributed by atoms with Crippen LogP contribution in [0.4, 0.5) is 0 Å². The van der Waals surface area contributed by atoms with Crippen molar-refractivity contribution in [3.63, 3.8) is 0 Å². The lowest BCUT2D eigenvalue weighted by atomic mass is 10.1. The summed E-state index contributed by atoms with van der Waals surface area (Å²) in [5.41, 5.74) is 2.98. The molecular formula is C25H25NO6. The van der Waals surface area contributed by atoms with Gasteiger partial charge in [-0.3, -0.25) is 4.79 Å². The average molecular weight is 435 g/mol. The van der Waals surface area contributed by atoms with Crippen LogP contribution in [-0.2, 0) is 16.6 Å². The van der Waals surface area contributed by atoms with Crippen molar-refractivity contribution in [1.82, 2.24) is 4.57 Å². The van der Waals surface area contributed by atoms with Crippen molar-refractivity contribution in [2.24, 2.45) is 7.05 Å². The third kappa shape index (κ3) is 3.93. The van der Waals surface area contributed by atoms with Crippen molar-refractivity contribution in [2.75, 3.05) is 13.7 Å². The smallest absolute Gasteiger partial charge is 0.344 e. The Morgan fingerprint density at radius 3 is 2.72 bits per heavy atom. The number of ketones is 1. The summed E-state index contributed by atoms with van der Waals surface area (Å²) < 4.78 is 24.0. The molecule has 1 aliphatic rings. The summed E-state index contributed by atoms with van der Waals surface area (Å²) in [5.74, 6) is 1.22. The molecule has 0 amide bonds. The molecule has 0 radical (unpaired) electrons. The Labute approximate surface area is 186 Å². The molecule has 7 heteroatoms. The van der Waals surface area contributed by atoms with Crippen LogP contribution in [0.2, 0.25) is 0 Å². The maximum atomic E-state index is 13.0. The topological polar surface area (TPSA) is 76.0 Å². The average Bonchev–Trinajstić information content (AvgIpc) is 3.24. The Bertz CT molecular complexity index is 1250. The molecule has 0 saturated carbocycles. The van der Waals surface area contributed by atoms with Gasteiger partial charge in [0.2, 0.25) is 5.78 Å². The van der Waals surface area contributed by atoms with E-state index in [2.05, 4.69) is 0 Å². The number of aromatic nitrogens is 1. The molecule has 1 aliphatic heterocycles. The first-order valence-corrected chi connectivity index (χ1v) is 10.3. The van der Waals surface area contributed by atoms with E-state index in [0.29, 0.717) is 22.6 Å². The lowest BCUT2D eigenvalue weighted by Crippen LogP contribution is -2.19. The van der Waals surface area contributed by atoms with Crippen LogP contribution >= 0.6 is 0 Å². The van der Waals surface area contributed by atoms with Crippen LogP contribution in [-0.4, -0.2) is 36.1 Å². The zero-order valence-corrected chi connectivity index (χ0v) is 18.7. The van der Waals surface area contributed by atoms with Gasteiger partial charge in [0, 0.05) is 35.3 Å². The van der Waals surface area contributed by atoms with E-state index in [1.54, 1.807) is 46.1 Å². The molecule has 0 atom stereocenters. The van der Waals surface area contributed by atoms with E-state index in [1.165, 1.54) is 0 Å². The predicted molar refractivity (Wildman–Crippen MR) is 120 cm³/mol. The fourth-order valence-corrected chi connectivity index (χ4v) is 3.74. The Kier molecular flexibility index (Phi) is 5.65. The minimum atomic E-state index is -0.455. The van der Waals surface area contributed by atoms with Crippen LogP contribution in [0.3, 0.4) is 0 Å². The SMILES string of the molecule is COc1ccc2c(c1)c(/C=C1\Oc3c(ccc(OCC(=O)OC(C)C)c3C)C1=O)cn2C. The predicted octanol–water partition coefficient (Wildman–Crippen LogP) is 4.44. The number of carbonyl (C=O) groups is 2. The van der Waals surface area contributed by atoms with Gasteiger partial charge >= 0.3 is 5.97 Å². The van der Waals surface area contributed by atoms with Crippen LogP contribution in [0.25, 0.3) is 17.0 Å². The summed E-state index contributed by atoms with van der Waals surface area (Å²) in [6, 6.07) is 9.13. The summed E-state index contributed by atoms with van der Waals surface area (Å²) >= 11 is 0. The number of hydrogen-bond donors (Lipinski definition) is 0. The molecule has 0 aliphatic carbocycles. The minimum Gasteiger partial charge on any atom is -0.497 e. The van der Waals surface area contributed by atoms with Crippen molar-refractivity contribution < 1.29 is 28.5 Å². The number of Topliss-reactive ketones (excluding diaryl/α,β-unsaturated/α-hetero) is 1. The van der Waals surface area contributed by atoms with E-state index in [9.17, 15) is 9.59 Å². The monoisotopic (exact) mass is 435 g/mol. The van der Waals surface area contributed by atoms with E-state index in [-0.39, 0.29) is 24.3 Å². The summed E-state index contributed by atoms with van der Waals surface area (Å²) in [5, 5.41) is 0.955. The summed E-state index contributed by atoms with van der Waals surface area (Å²) in [6.45, 7) is 5.13. The first-order chi connectivity index (χ1) is 15.3. The van der Waals surface area contributed by atoms with Gasteiger partial charge in [-0.2, -0.15) is 0 Å². The first kappa shape index (κ1) is 21.5. The van der Waals surface area contributed by atoms with Crippen molar-refractivity contribution in [3.8, 4) is 17.2 Å². The Hall–Kier alpha value is -3.74. The molecule has 0 saturated heterocycles. The Balaban J connectivity index is 1.62. The molecule has 2 aromatic carbocycles. The van der Waals surface area contributed by atoms with Gasteiger partial charge in [0.25, 0.3) is 0 Å². The lowest BCUT2D eigenvalue weighted by molar-refractivity contribution is -0.149. The maximum absolute atomic E-state index is 13.0. The molecular weight excluding hydrogens is 410 g/mol. The van der Waals surface area contributed by atoms with Crippen LogP contribution in [0.5, 0.6) is 17.2 Å². The first-order valence-electron chi connectivity index (χ1n) is 10.3. The zero-order valence-electron chi connectivity index (χ0n) is 18.7. The summed E-state index contributed by atoms with van der Waals surface area (Å²) in [7, 11) is 3.56. The lowest BCUT2D eigenvalue weighted by Gasteiger charge is -2.12. The van der Waals surface area contributed by atoms with Gasteiger partial charge < -0.3 is 23.5 Å². The Morgan fingerprint density at radius 1 is 1.22 bits per heavy atom. The largest absolute Gasteiger partial charge is 0.497 e. The number of methoxy groups -OCH3 is 1. The number of nitrogens with zero attached hydrogens (tertiary/aromatic N) is 1. The zero-order chi connectivity index (χ0) is 23.0. The standard InChI is InChI=1S/C25H25NO6/c1-14(2)31-23(27)13-30-21-9-7-18-24(28)22(32-25(18)15(21)3)10-16-12-26(4)20-8-6-17(29-5)11-19(16)20/h6-12,14H,13H2,1-5H3/b22-10-. The number of rotatable bonds is 6. The molecule has 3 aromatic rings. The van der Waals surface area contributed by atoms with Crippen LogP contribution in [0, 0.1) is 6.92 Å². The van der Waals surface area contributed by atoms with E-state index >= 15 is 0 Å². The molecule has 2 heterocycles. The highest BCUT2D eigenvalue weighted by Gasteiger charge is 2.30. The molecule has 4 rings (SSSR count). The third-order valence-corrected chi connectivity index (χ3v) is 5.26. The number of allylic oxidation sites excluding steroid dienone is 1. The number of aryl methyl sites for hydroxylation is 1. The van der Waals surface area contributed by atoms with Gasteiger partial charge in [-0.15, -0.1) is 0 Å². The summed E-state index contributed by atoms with van der Waals surface area (Å²) in [4.78, 5) is 24.8. The molecule has 0 bridgehead atoms. The normalized spacial score (nSPS) is 14.1. The van der Waals surface area contributed by atoms with E-state index in [1.807, 2.05) is 36.0 Å². The van der Waals surface area contributed by atoms with Crippen molar-refractivity contribution in [2.45, 2.75) is 26.9 Å². The molecule has 0 N–H and O–H groups in total. The van der Waals surface area contributed by atoms with Crippen LogP contribution in [0.15, 0.2) is 42.3 Å². The van der Waals surface area contributed by atoms with Gasteiger partial charge in [-0.1, -0.05) is 0 Å². The number of esters is 1. The second kappa shape index (κ2) is 8.42.